The third-order valence-electron chi connectivity index (χ3n) is 4.97. The van der Waals surface area contributed by atoms with E-state index in [2.05, 4.69) is 9.80 Å². The van der Waals surface area contributed by atoms with Gasteiger partial charge in [-0.15, -0.1) is 0 Å². The number of piperidine rings is 1. The fourth-order valence-electron chi connectivity index (χ4n) is 3.73. The molecule has 1 aromatic rings. The highest BCUT2D eigenvalue weighted by Crippen LogP contribution is 2.32. The lowest BCUT2D eigenvalue weighted by Crippen LogP contribution is -2.47. The Labute approximate surface area is 136 Å². The molecule has 0 radical (unpaired) electrons. The van der Waals surface area contributed by atoms with Gasteiger partial charge in [0.2, 0.25) is 0 Å². The molecular weight excluding hydrogens is 294 g/mol. The molecule has 0 spiro atoms. The standard InChI is InChI=1S/C17H23N3O3/c1-13(21)14-6-7-16(17(11-14)20(22)23)19-10-4-5-15(12-19)18-8-2-3-9-18/h6-7,11,15H,2-5,8-10,12H2,1H3/t15-/m1/s1. The second-order valence-corrected chi connectivity index (χ2v) is 6.50. The largest absolute Gasteiger partial charge is 0.364 e. The van der Waals surface area contributed by atoms with Gasteiger partial charge in [0.15, 0.2) is 5.78 Å². The average Bonchev–Trinajstić information content (AvgIpc) is 3.09. The Hall–Kier alpha value is -1.95. The zero-order valence-corrected chi connectivity index (χ0v) is 13.5. The number of rotatable bonds is 4. The van der Waals surface area contributed by atoms with E-state index in [1.54, 1.807) is 12.1 Å². The van der Waals surface area contributed by atoms with Gasteiger partial charge in [-0.3, -0.25) is 19.8 Å². The highest BCUT2D eigenvalue weighted by Gasteiger charge is 2.30. The minimum Gasteiger partial charge on any atom is -0.364 e. The SMILES string of the molecule is CC(=O)c1ccc(N2CCC[C@@H](N3CCCC3)C2)c([N+](=O)[O-])c1. The maximum absolute atomic E-state index is 11.5. The van der Waals surface area contributed by atoms with Gasteiger partial charge in [0.1, 0.15) is 5.69 Å². The van der Waals surface area contributed by atoms with Crippen LogP contribution in [-0.2, 0) is 0 Å². The molecule has 124 valence electrons. The van der Waals surface area contributed by atoms with Gasteiger partial charge >= 0.3 is 0 Å². The first-order chi connectivity index (χ1) is 11.1. The van der Waals surface area contributed by atoms with Crippen LogP contribution in [0.3, 0.4) is 0 Å². The van der Waals surface area contributed by atoms with Crippen LogP contribution in [0.1, 0.15) is 43.0 Å². The Kier molecular flexibility index (Phi) is 4.61. The number of carbonyl (C=O) groups excluding carboxylic acids is 1. The quantitative estimate of drug-likeness (QED) is 0.485. The van der Waals surface area contributed by atoms with Crippen molar-refractivity contribution in [3.05, 3.63) is 33.9 Å². The molecular formula is C17H23N3O3. The van der Waals surface area contributed by atoms with Crippen LogP contribution >= 0.6 is 0 Å². The first-order valence-corrected chi connectivity index (χ1v) is 8.34. The Morgan fingerprint density at radius 3 is 2.61 bits per heavy atom. The molecule has 0 aromatic heterocycles. The van der Waals surface area contributed by atoms with E-state index in [4.69, 9.17) is 0 Å². The van der Waals surface area contributed by atoms with Gasteiger partial charge < -0.3 is 4.90 Å². The zero-order chi connectivity index (χ0) is 16.4. The Morgan fingerprint density at radius 2 is 1.96 bits per heavy atom. The van der Waals surface area contributed by atoms with E-state index < -0.39 is 0 Å². The maximum atomic E-state index is 11.5. The van der Waals surface area contributed by atoms with Crippen molar-refractivity contribution in [2.24, 2.45) is 0 Å². The van der Waals surface area contributed by atoms with Crippen LogP contribution < -0.4 is 4.90 Å². The van der Waals surface area contributed by atoms with E-state index in [1.807, 2.05) is 0 Å². The zero-order valence-electron chi connectivity index (χ0n) is 13.5. The monoisotopic (exact) mass is 317 g/mol. The normalized spacial score (nSPS) is 22.3. The molecule has 2 heterocycles. The van der Waals surface area contributed by atoms with Crippen molar-refractivity contribution in [1.82, 2.24) is 4.90 Å². The number of ketones is 1. The van der Waals surface area contributed by atoms with Gasteiger partial charge in [-0.25, -0.2) is 0 Å². The van der Waals surface area contributed by atoms with E-state index in [1.165, 1.54) is 25.8 Å². The first kappa shape index (κ1) is 15.9. The summed E-state index contributed by atoms with van der Waals surface area (Å²) in [7, 11) is 0. The number of carbonyl (C=O) groups is 1. The van der Waals surface area contributed by atoms with Crippen LogP contribution in [0.25, 0.3) is 0 Å². The fourth-order valence-corrected chi connectivity index (χ4v) is 3.73. The molecule has 2 fully saturated rings. The van der Waals surface area contributed by atoms with E-state index in [-0.39, 0.29) is 16.4 Å². The van der Waals surface area contributed by atoms with Crippen molar-refractivity contribution in [2.75, 3.05) is 31.1 Å². The van der Waals surface area contributed by atoms with Crippen molar-refractivity contribution >= 4 is 17.2 Å². The minimum atomic E-state index is -0.374. The summed E-state index contributed by atoms with van der Waals surface area (Å²) >= 11 is 0. The number of hydrogen-bond donors (Lipinski definition) is 0. The van der Waals surface area contributed by atoms with Crippen molar-refractivity contribution in [3.8, 4) is 0 Å². The molecule has 6 nitrogen and oxygen atoms in total. The smallest absolute Gasteiger partial charge is 0.293 e. The lowest BCUT2D eigenvalue weighted by Gasteiger charge is -2.38. The summed E-state index contributed by atoms with van der Waals surface area (Å²) in [5.41, 5.74) is 1.08. The number of likely N-dealkylation sites (tertiary alicyclic amines) is 1. The molecule has 0 bridgehead atoms. The van der Waals surface area contributed by atoms with Gasteiger partial charge in [0.05, 0.1) is 4.92 Å². The molecule has 2 aliphatic heterocycles. The Bertz CT molecular complexity index is 611. The summed E-state index contributed by atoms with van der Waals surface area (Å²) in [4.78, 5) is 27.2. The molecule has 1 atom stereocenters. The Morgan fingerprint density at radius 1 is 1.22 bits per heavy atom. The second kappa shape index (κ2) is 6.66. The van der Waals surface area contributed by atoms with Gasteiger partial charge in [0, 0.05) is 30.8 Å². The van der Waals surface area contributed by atoms with Crippen molar-refractivity contribution in [1.29, 1.82) is 0 Å². The number of hydrogen-bond acceptors (Lipinski definition) is 5. The van der Waals surface area contributed by atoms with E-state index in [0.29, 0.717) is 17.3 Å². The summed E-state index contributed by atoms with van der Waals surface area (Å²) in [6.07, 6.45) is 4.72. The van der Waals surface area contributed by atoms with Crippen molar-refractivity contribution in [2.45, 2.75) is 38.6 Å². The second-order valence-electron chi connectivity index (χ2n) is 6.50. The lowest BCUT2D eigenvalue weighted by molar-refractivity contribution is -0.384. The molecule has 6 heteroatoms. The molecule has 1 aromatic carbocycles. The van der Waals surface area contributed by atoms with E-state index >= 15 is 0 Å². The summed E-state index contributed by atoms with van der Waals surface area (Å²) in [6.45, 7) is 5.39. The maximum Gasteiger partial charge on any atom is 0.293 e. The van der Waals surface area contributed by atoms with Crippen molar-refractivity contribution < 1.29 is 9.72 Å². The minimum absolute atomic E-state index is 0.0415. The van der Waals surface area contributed by atoms with E-state index in [9.17, 15) is 14.9 Å². The van der Waals surface area contributed by atoms with Gasteiger partial charge in [0.25, 0.3) is 5.69 Å². The predicted octanol–water partition coefficient (Wildman–Crippen LogP) is 2.86. The van der Waals surface area contributed by atoms with Crippen LogP contribution in [0.4, 0.5) is 11.4 Å². The number of Topliss-reactive ketones (excluding diaryl/α,β-unsaturated/α-hetero) is 1. The van der Waals surface area contributed by atoms with Crippen molar-refractivity contribution in [3.63, 3.8) is 0 Å². The molecule has 2 aliphatic rings. The predicted molar refractivity (Wildman–Crippen MR) is 89.1 cm³/mol. The molecule has 0 amide bonds. The number of nitrogens with zero attached hydrogens (tertiary/aromatic N) is 3. The molecule has 23 heavy (non-hydrogen) atoms. The van der Waals surface area contributed by atoms with Crippen LogP contribution in [0.2, 0.25) is 0 Å². The highest BCUT2D eigenvalue weighted by molar-refractivity contribution is 5.95. The van der Waals surface area contributed by atoms with E-state index in [0.717, 1.165) is 39.0 Å². The fraction of sp³-hybridized carbons (Fsp3) is 0.588. The Balaban J connectivity index is 1.84. The average molecular weight is 317 g/mol. The first-order valence-electron chi connectivity index (χ1n) is 8.34. The van der Waals surface area contributed by atoms with Crippen LogP contribution in [0.15, 0.2) is 18.2 Å². The van der Waals surface area contributed by atoms with Gasteiger partial charge in [-0.05, 0) is 57.8 Å². The molecule has 0 unspecified atom stereocenters. The number of anilines is 1. The topological polar surface area (TPSA) is 66.7 Å². The number of nitro benzene ring substituents is 1. The highest BCUT2D eigenvalue weighted by atomic mass is 16.6. The molecule has 0 aliphatic carbocycles. The number of nitro groups is 1. The molecule has 0 saturated carbocycles. The lowest BCUT2D eigenvalue weighted by atomic mass is 10.0. The third kappa shape index (κ3) is 3.37. The summed E-state index contributed by atoms with van der Waals surface area (Å²) < 4.78 is 0. The summed E-state index contributed by atoms with van der Waals surface area (Å²) in [5.74, 6) is -0.145. The molecule has 3 rings (SSSR count). The summed E-state index contributed by atoms with van der Waals surface area (Å²) in [6, 6.07) is 5.33. The van der Waals surface area contributed by atoms with Gasteiger partial charge in [-0.2, -0.15) is 0 Å². The third-order valence-corrected chi connectivity index (χ3v) is 4.97. The molecule has 2 saturated heterocycles. The molecule has 0 N–H and O–H groups in total. The van der Waals surface area contributed by atoms with Gasteiger partial charge in [-0.1, -0.05) is 0 Å². The summed E-state index contributed by atoms with van der Waals surface area (Å²) in [5, 5.41) is 11.4. The number of benzene rings is 1. The van der Waals surface area contributed by atoms with Crippen LogP contribution in [0.5, 0.6) is 0 Å². The van der Waals surface area contributed by atoms with Crippen LogP contribution in [0, 0.1) is 10.1 Å². The van der Waals surface area contributed by atoms with Crippen LogP contribution in [-0.4, -0.2) is 47.8 Å².